The number of nitrogens with zero attached hydrogens (tertiary/aromatic N) is 1. The van der Waals surface area contributed by atoms with Crippen LogP contribution in [0.1, 0.15) is 13.3 Å². The van der Waals surface area contributed by atoms with E-state index in [1.807, 2.05) is 0 Å². The zero-order valence-electron chi connectivity index (χ0n) is 11.7. The van der Waals surface area contributed by atoms with Gasteiger partial charge >= 0.3 is 6.18 Å². The topological polar surface area (TPSA) is 58.4 Å². The van der Waals surface area contributed by atoms with E-state index in [0.717, 1.165) is 6.07 Å². The lowest BCUT2D eigenvalue weighted by Crippen LogP contribution is -2.41. The fourth-order valence-corrected chi connectivity index (χ4v) is 1.57. The maximum atomic E-state index is 13.5. The van der Waals surface area contributed by atoms with Crippen LogP contribution >= 0.6 is 0 Å². The van der Waals surface area contributed by atoms with E-state index in [4.69, 9.17) is 5.73 Å². The number of nitrogen functional groups attached to an aromatic ring is 1. The Morgan fingerprint density at radius 1 is 1.43 bits per heavy atom. The van der Waals surface area contributed by atoms with Gasteiger partial charge in [-0.05, 0) is 32.2 Å². The van der Waals surface area contributed by atoms with Gasteiger partial charge in [-0.15, -0.1) is 0 Å². The quantitative estimate of drug-likeness (QED) is 0.649. The summed E-state index contributed by atoms with van der Waals surface area (Å²) in [6.07, 6.45) is -5.31. The van der Waals surface area contributed by atoms with Gasteiger partial charge in [-0.1, -0.05) is 0 Å². The van der Waals surface area contributed by atoms with Gasteiger partial charge in [-0.3, -0.25) is 9.69 Å². The molecule has 1 unspecified atom stereocenters. The van der Waals surface area contributed by atoms with Crippen molar-refractivity contribution in [3.8, 4) is 0 Å². The SMILES string of the molecule is CC(C(=O)Nc1cc(N)ccc1F)N(C)CCC(F)(F)F. The molecule has 0 saturated carbocycles. The van der Waals surface area contributed by atoms with Gasteiger partial charge in [0.25, 0.3) is 0 Å². The number of rotatable bonds is 5. The van der Waals surface area contributed by atoms with E-state index in [9.17, 15) is 22.4 Å². The molecule has 1 aromatic rings. The summed E-state index contributed by atoms with van der Waals surface area (Å²) in [5.41, 5.74) is 5.65. The molecule has 0 heterocycles. The van der Waals surface area contributed by atoms with Crippen LogP contribution in [0.3, 0.4) is 0 Å². The molecule has 0 saturated heterocycles. The highest BCUT2D eigenvalue weighted by Gasteiger charge is 2.29. The fraction of sp³-hybridized carbons (Fsp3) is 0.462. The van der Waals surface area contributed by atoms with Crippen molar-refractivity contribution in [3.05, 3.63) is 24.0 Å². The molecule has 1 aromatic carbocycles. The Balaban J connectivity index is 2.64. The van der Waals surface area contributed by atoms with E-state index < -0.39 is 30.4 Å². The first kappa shape index (κ1) is 17.2. The van der Waals surface area contributed by atoms with Crippen LogP contribution in [-0.4, -0.2) is 36.6 Å². The van der Waals surface area contributed by atoms with Gasteiger partial charge in [0.2, 0.25) is 5.91 Å². The van der Waals surface area contributed by atoms with E-state index in [1.54, 1.807) is 0 Å². The second-order valence-electron chi connectivity index (χ2n) is 4.75. The summed E-state index contributed by atoms with van der Waals surface area (Å²) >= 11 is 0. The first-order valence-corrected chi connectivity index (χ1v) is 6.23. The molecule has 0 aromatic heterocycles. The largest absolute Gasteiger partial charge is 0.399 e. The van der Waals surface area contributed by atoms with Gasteiger partial charge in [0.05, 0.1) is 18.2 Å². The Morgan fingerprint density at radius 2 is 2.05 bits per heavy atom. The van der Waals surface area contributed by atoms with E-state index in [-0.39, 0.29) is 17.9 Å². The maximum absolute atomic E-state index is 13.5. The molecule has 1 amide bonds. The van der Waals surface area contributed by atoms with Crippen LogP contribution in [0.25, 0.3) is 0 Å². The Labute approximate surface area is 119 Å². The molecular formula is C13H17F4N3O. The zero-order valence-corrected chi connectivity index (χ0v) is 11.7. The lowest BCUT2D eigenvalue weighted by Gasteiger charge is -2.24. The second-order valence-corrected chi connectivity index (χ2v) is 4.75. The highest BCUT2D eigenvalue weighted by atomic mass is 19.4. The van der Waals surface area contributed by atoms with Crippen molar-refractivity contribution in [1.82, 2.24) is 4.90 Å². The van der Waals surface area contributed by atoms with Crippen LogP contribution in [0.15, 0.2) is 18.2 Å². The van der Waals surface area contributed by atoms with Crippen molar-refractivity contribution < 1.29 is 22.4 Å². The van der Waals surface area contributed by atoms with Gasteiger partial charge in [-0.25, -0.2) is 4.39 Å². The van der Waals surface area contributed by atoms with Crippen molar-refractivity contribution in [2.75, 3.05) is 24.6 Å². The number of amides is 1. The molecule has 118 valence electrons. The molecule has 8 heteroatoms. The van der Waals surface area contributed by atoms with Crippen LogP contribution in [-0.2, 0) is 4.79 Å². The number of halogens is 4. The summed E-state index contributed by atoms with van der Waals surface area (Å²) in [4.78, 5) is 13.1. The summed E-state index contributed by atoms with van der Waals surface area (Å²) in [7, 11) is 1.39. The standard InChI is InChI=1S/C13H17F4N3O/c1-8(20(2)6-5-13(15,16)17)12(21)19-11-7-9(18)3-4-10(11)14/h3-4,7-8H,5-6,18H2,1-2H3,(H,19,21). The molecule has 1 rings (SSSR count). The minimum atomic E-state index is -4.29. The Hall–Kier alpha value is -1.83. The van der Waals surface area contributed by atoms with Crippen molar-refractivity contribution in [1.29, 1.82) is 0 Å². The Bertz CT molecular complexity index is 505. The van der Waals surface area contributed by atoms with Crippen molar-refractivity contribution in [2.24, 2.45) is 0 Å². The lowest BCUT2D eigenvalue weighted by molar-refractivity contribution is -0.140. The van der Waals surface area contributed by atoms with Gasteiger partial charge in [0.15, 0.2) is 0 Å². The van der Waals surface area contributed by atoms with Crippen LogP contribution < -0.4 is 11.1 Å². The number of nitrogens with two attached hydrogens (primary N) is 1. The number of alkyl halides is 3. The number of benzene rings is 1. The van der Waals surface area contributed by atoms with Crippen LogP contribution in [0.4, 0.5) is 28.9 Å². The van der Waals surface area contributed by atoms with Crippen LogP contribution in [0.2, 0.25) is 0 Å². The average molecular weight is 307 g/mol. The molecule has 0 fully saturated rings. The van der Waals surface area contributed by atoms with E-state index in [2.05, 4.69) is 5.32 Å². The van der Waals surface area contributed by atoms with Gasteiger partial charge in [-0.2, -0.15) is 13.2 Å². The first-order valence-electron chi connectivity index (χ1n) is 6.23. The highest BCUT2D eigenvalue weighted by Crippen LogP contribution is 2.21. The van der Waals surface area contributed by atoms with Crippen molar-refractivity contribution in [3.63, 3.8) is 0 Å². The molecule has 0 spiro atoms. The maximum Gasteiger partial charge on any atom is 0.390 e. The smallest absolute Gasteiger partial charge is 0.390 e. The number of likely N-dealkylation sites (N-methyl/N-ethyl adjacent to an activating group) is 1. The molecule has 0 bridgehead atoms. The van der Waals surface area contributed by atoms with Crippen LogP contribution in [0, 0.1) is 5.82 Å². The number of carbonyl (C=O) groups excluding carboxylic acids is 1. The number of carbonyl (C=O) groups is 1. The van der Waals surface area contributed by atoms with Crippen molar-refractivity contribution >= 4 is 17.3 Å². The Morgan fingerprint density at radius 3 is 2.62 bits per heavy atom. The molecule has 21 heavy (non-hydrogen) atoms. The normalized spacial score (nSPS) is 13.3. The predicted octanol–water partition coefficient (Wildman–Crippen LogP) is 2.62. The summed E-state index contributed by atoms with van der Waals surface area (Å²) in [6, 6.07) is 2.84. The Kier molecular flexibility index (Phi) is 5.54. The van der Waals surface area contributed by atoms with Gasteiger partial charge < -0.3 is 11.1 Å². The minimum absolute atomic E-state index is 0.101. The number of hydrogen-bond acceptors (Lipinski definition) is 3. The number of hydrogen-bond donors (Lipinski definition) is 2. The second kappa shape index (κ2) is 6.75. The minimum Gasteiger partial charge on any atom is -0.399 e. The predicted molar refractivity (Wildman–Crippen MR) is 72.2 cm³/mol. The molecule has 0 aliphatic rings. The molecule has 0 aliphatic carbocycles. The number of anilines is 2. The molecule has 1 atom stereocenters. The molecule has 4 nitrogen and oxygen atoms in total. The first-order chi connectivity index (χ1) is 9.60. The molecule has 0 radical (unpaired) electrons. The zero-order chi connectivity index (χ0) is 16.2. The van der Waals surface area contributed by atoms with Gasteiger partial charge in [0.1, 0.15) is 5.82 Å². The fourth-order valence-electron chi connectivity index (χ4n) is 1.57. The highest BCUT2D eigenvalue weighted by molar-refractivity contribution is 5.95. The summed E-state index contributed by atoms with van der Waals surface area (Å²) < 4.78 is 49.9. The summed E-state index contributed by atoms with van der Waals surface area (Å²) in [5, 5.41) is 2.31. The molecule has 0 aliphatic heterocycles. The van der Waals surface area contributed by atoms with E-state index >= 15 is 0 Å². The summed E-state index contributed by atoms with van der Waals surface area (Å²) in [5.74, 6) is -1.27. The third kappa shape index (κ3) is 5.58. The third-order valence-electron chi connectivity index (χ3n) is 3.04. The molecular weight excluding hydrogens is 290 g/mol. The number of nitrogens with one attached hydrogen (secondary N) is 1. The lowest BCUT2D eigenvalue weighted by atomic mass is 10.2. The van der Waals surface area contributed by atoms with E-state index in [1.165, 1.54) is 31.0 Å². The van der Waals surface area contributed by atoms with Crippen LogP contribution in [0.5, 0.6) is 0 Å². The van der Waals surface area contributed by atoms with Crippen molar-refractivity contribution in [2.45, 2.75) is 25.6 Å². The third-order valence-corrected chi connectivity index (χ3v) is 3.04. The monoisotopic (exact) mass is 307 g/mol. The van der Waals surface area contributed by atoms with Gasteiger partial charge in [0, 0.05) is 12.2 Å². The molecule has 3 N–H and O–H groups in total. The summed E-state index contributed by atoms with van der Waals surface area (Å²) in [6.45, 7) is 1.12. The van der Waals surface area contributed by atoms with E-state index in [0.29, 0.717) is 0 Å². The average Bonchev–Trinajstić information content (AvgIpc) is 2.38.